The van der Waals surface area contributed by atoms with Gasteiger partial charge in [-0.2, -0.15) is 0 Å². The summed E-state index contributed by atoms with van der Waals surface area (Å²) in [5.74, 6) is 0.832. The monoisotopic (exact) mass is 295 g/mol. The first-order chi connectivity index (χ1) is 10.8. The van der Waals surface area contributed by atoms with Gasteiger partial charge in [-0.3, -0.25) is 4.79 Å². The molecule has 0 aliphatic heterocycles. The van der Waals surface area contributed by atoms with Crippen LogP contribution in [0.4, 0.5) is 0 Å². The zero-order chi connectivity index (χ0) is 15.4. The van der Waals surface area contributed by atoms with Crippen molar-refractivity contribution in [2.75, 3.05) is 0 Å². The van der Waals surface area contributed by atoms with E-state index in [0.717, 1.165) is 23.9 Å². The first kappa shape index (κ1) is 14.3. The molecule has 0 amide bonds. The maximum absolute atomic E-state index is 11.7. The van der Waals surface area contributed by atoms with Crippen LogP contribution in [-0.2, 0) is 4.79 Å². The number of benzene rings is 2. The number of carbonyl (C=O) groups excluding carboxylic acids is 1. The summed E-state index contributed by atoms with van der Waals surface area (Å²) in [5.41, 5.74) is 2.27. The van der Waals surface area contributed by atoms with Crippen molar-refractivity contribution in [1.29, 1.82) is 0 Å². The number of carbonyl (C=O) groups is 1. The highest BCUT2D eigenvalue weighted by molar-refractivity contribution is 5.79. The second-order valence-corrected chi connectivity index (χ2v) is 5.09. The van der Waals surface area contributed by atoms with E-state index in [9.17, 15) is 4.79 Å². The third-order valence-corrected chi connectivity index (χ3v) is 3.35. The Morgan fingerprint density at radius 2 is 2.00 bits per heavy atom. The molecule has 0 unspecified atom stereocenters. The van der Waals surface area contributed by atoms with Crippen LogP contribution in [0.25, 0.3) is 22.6 Å². The van der Waals surface area contributed by atoms with Crippen molar-refractivity contribution in [3.8, 4) is 17.2 Å². The van der Waals surface area contributed by atoms with Crippen molar-refractivity contribution in [2.24, 2.45) is 0 Å². The molecule has 0 bridgehead atoms. The van der Waals surface area contributed by atoms with Gasteiger partial charge in [0.25, 0.3) is 0 Å². The van der Waals surface area contributed by atoms with Crippen LogP contribution in [0.2, 0.25) is 0 Å². The van der Waals surface area contributed by atoms with Crippen LogP contribution in [0, 0.1) is 0 Å². The van der Waals surface area contributed by atoms with Gasteiger partial charge in [0.15, 0.2) is 5.58 Å². The summed E-state index contributed by atoms with van der Waals surface area (Å²) in [7, 11) is 0. The quantitative estimate of drug-likeness (QED) is 0.510. The zero-order valence-electron chi connectivity index (χ0n) is 12.4. The Balaban J connectivity index is 1.83. The molecule has 112 valence electrons. The number of hydrogen-bond acceptors (Lipinski definition) is 4. The molecule has 0 saturated heterocycles. The van der Waals surface area contributed by atoms with Gasteiger partial charge in [0.2, 0.25) is 5.89 Å². The van der Waals surface area contributed by atoms with E-state index < -0.39 is 0 Å². The number of ether oxygens (including phenoxy) is 1. The van der Waals surface area contributed by atoms with E-state index in [2.05, 4.69) is 4.98 Å². The highest BCUT2D eigenvalue weighted by atomic mass is 16.5. The maximum Gasteiger partial charge on any atom is 0.311 e. The van der Waals surface area contributed by atoms with E-state index in [1.54, 1.807) is 18.2 Å². The Labute approximate surface area is 128 Å². The van der Waals surface area contributed by atoms with Gasteiger partial charge in [-0.05, 0) is 30.7 Å². The number of aromatic nitrogens is 1. The summed E-state index contributed by atoms with van der Waals surface area (Å²) in [5, 5.41) is 0. The molecule has 1 aromatic heterocycles. The van der Waals surface area contributed by atoms with Crippen LogP contribution in [0.1, 0.15) is 26.2 Å². The predicted molar refractivity (Wildman–Crippen MR) is 84.6 cm³/mol. The summed E-state index contributed by atoms with van der Waals surface area (Å²) in [4.78, 5) is 16.1. The van der Waals surface area contributed by atoms with E-state index in [0.29, 0.717) is 23.6 Å². The lowest BCUT2D eigenvalue weighted by molar-refractivity contribution is -0.134. The van der Waals surface area contributed by atoms with E-state index in [4.69, 9.17) is 9.15 Å². The minimum atomic E-state index is -0.219. The summed E-state index contributed by atoms with van der Waals surface area (Å²) >= 11 is 0. The number of oxazole rings is 1. The molecule has 0 N–H and O–H groups in total. The lowest BCUT2D eigenvalue weighted by Crippen LogP contribution is -2.07. The van der Waals surface area contributed by atoms with E-state index in [1.165, 1.54) is 0 Å². The van der Waals surface area contributed by atoms with Crippen molar-refractivity contribution in [3.63, 3.8) is 0 Å². The van der Waals surface area contributed by atoms with E-state index >= 15 is 0 Å². The smallest absolute Gasteiger partial charge is 0.311 e. The summed E-state index contributed by atoms with van der Waals surface area (Å²) < 4.78 is 11.1. The van der Waals surface area contributed by atoms with Crippen LogP contribution in [0.5, 0.6) is 5.75 Å². The van der Waals surface area contributed by atoms with Crippen molar-refractivity contribution >= 4 is 17.1 Å². The fourth-order valence-corrected chi connectivity index (χ4v) is 2.18. The highest BCUT2D eigenvalue weighted by Gasteiger charge is 2.10. The van der Waals surface area contributed by atoms with Gasteiger partial charge < -0.3 is 9.15 Å². The molecule has 0 aliphatic carbocycles. The number of fused-ring (bicyclic) bond motifs is 1. The Bertz CT molecular complexity index is 777. The molecule has 0 atom stereocenters. The normalized spacial score (nSPS) is 10.8. The van der Waals surface area contributed by atoms with E-state index in [-0.39, 0.29) is 5.97 Å². The Morgan fingerprint density at radius 3 is 2.77 bits per heavy atom. The number of esters is 1. The largest absolute Gasteiger partial charge is 0.436 e. The van der Waals surface area contributed by atoms with Gasteiger partial charge in [0.05, 0.1) is 0 Å². The third kappa shape index (κ3) is 3.17. The number of nitrogens with zero attached hydrogens (tertiary/aromatic N) is 1. The molecule has 2 aromatic carbocycles. The van der Waals surface area contributed by atoms with Gasteiger partial charge in [-0.25, -0.2) is 4.98 Å². The minimum Gasteiger partial charge on any atom is -0.436 e. The van der Waals surface area contributed by atoms with Gasteiger partial charge in [0, 0.05) is 18.1 Å². The Hall–Kier alpha value is -2.62. The van der Waals surface area contributed by atoms with Crippen LogP contribution in [-0.4, -0.2) is 11.0 Å². The second kappa shape index (κ2) is 6.43. The molecule has 1 heterocycles. The summed E-state index contributed by atoms with van der Waals surface area (Å²) in [6.07, 6.45) is 2.23. The second-order valence-electron chi connectivity index (χ2n) is 5.09. The average Bonchev–Trinajstić information content (AvgIpc) is 2.97. The van der Waals surface area contributed by atoms with Gasteiger partial charge in [-0.1, -0.05) is 31.5 Å². The van der Waals surface area contributed by atoms with E-state index in [1.807, 2.05) is 37.3 Å². The van der Waals surface area contributed by atoms with Crippen molar-refractivity contribution < 1.29 is 13.9 Å². The standard InChI is InChI=1S/C18H17NO3/c1-2-3-9-17(20)21-14-10-11-15-16(12-14)22-18(19-15)13-7-5-4-6-8-13/h4-8,10-12H,2-3,9H2,1H3. The number of rotatable bonds is 5. The third-order valence-electron chi connectivity index (χ3n) is 3.35. The SMILES string of the molecule is CCCCC(=O)Oc1ccc2nc(-c3ccccc3)oc2c1. The Morgan fingerprint density at radius 1 is 1.18 bits per heavy atom. The molecule has 3 aromatic rings. The minimum absolute atomic E-state index is 0.219. The molecule has 3 rings (SSSR count). The average molecular weight is 295 g/mol. The van der Waals surface area contributed by atoms with Gasteiger partial charge in [-0.15, -0.1) is 0 Å². The van der Waals surface area contributed by atoms with Crippen LogP contribution < -0.4 is 4.74 Å². The number of hydrogen-bond donors (Lipinski definition) is 0. The zero-order valence-corrected chi connectivity index (χ0v) is 12.4. The molecule has 0 fully saturated rings. The summed E-state index contributed by atoms with van der Waals surface area (Å²) in [6.45, 7) is 2.04. The van der Waals surface area contributed by atoms with Crippen molar-refractivity contribution in [3.05, 3.63) is 48.5 Å². The first-order valence-corrected chi connectivity index (χ1v) is 7.43. The fraction of sp³-hybridized carbons (Fsp3) is 0.222. The lowest BCUT2D eigenvalue weighted by Gasteiger charge is -2.02. The number of unbranched alkanes of at least 4 members (excludes halogenated alkanes) is 1. The van der Waals surface area contributed by atoms with Gasteiger partial charge >= 0.3 is 5.97 Å². The molecule has 4 nitrogen and oxygen atoms in total. The predicted octanol–water partition coefficient (Wildman–Crippen LogP) is 4.59. The van der Waals surface area contributed by atoms with Crippen LogP contribution in [0.3, 0.4) is 0 Å². The molecule has 4 heteroatoms. The topological polar surface area (TPSA) is 52.3 Å². The van der Waals surface area contributed by atoms with Crippen LogP contribution >= 0.6 is 0 Å². The Kier molecular flexibility index (Phi) is 4.19. The van der Waals surface area contributed by atoms with Gasteiger partial charge in [0.1, 0.15) is 11.3 Å². The molecule has 22 heavy (non-hydrogen) atoms. The molecule has 0 radical (unpaired) electrons. The highest BCUT2D eigenvalue weighted by Crippen LogP contribution is 2.27. The fourth-order valence-electron chi connectivity index (χ4n) is 2.18. The molecule has 0 saturated carbocycles. The molecular formula is C18H17NO3. The molecule has 0 aliphatic rings. The van der Waals surface area contributed by atoms with Crippen molar-refractivity contribution in [1.82, 2.24) is 4.98 Å². The lowest BCUT2D eigenvalue weighted by atomic mass is 10.2. The first-order valence-electron chi connectivity index (χ1n) is 7.43. The molecule has 0 spiro atoms. The summed E-state index contributed by atoms with van der Waals surface area (Å²) in [6, 6.07) is 14.9. The van der Waals surface area contributed by atoms with Crippen LogP contribution in [0.15, 0.2) is 52.9 Å². The molecular weight excluding hydrogens is 278 g/mol. The maximum atomic E-state index is 11.7. The van der Waals surface area contributed by atoms with Crippen molar-refractivity contribution in [2.45, 2.75) is 26.2 Å².